The van der Waals surface area contributed by atoms with Crippen LogP contribution in [0.25, 0.3) is 0 Å². The third-order valence-corrected chi connectivity index (χ3v) is 3.53. The number of carbonyl (C=O) groups is 1. The van der Waals surface area contributed by atoms with Gasteiger partial charge in [0.05, 0.1) is 6.10 Å². The summed E-state index contributed by atoms with van der Waals surface area (Å²) >= 11 is 0. The molecule has 4 atom stereocenters. The van der Waals surface area contributed by atoms with Crippen molar-refractivity contribution in [1.29, 1.82) is 0 Å². The van der Waals surface area contributed by atoms with E-state index < -0.39 is 23.6 Å². The van der Waals surface area contributed by atoms with E-state index in [1.165, 1.54) is 0 Å². The molecule has 0 aromatic rings. The lowest BCUT2D eigenvalue weighted by atomic mass is 9.92. The highest BCUT2D eigenvalue weighted by Crippen LogP contribution is 2.37. The maximum Gasteiger partial charge on any atom is 0.411 e. The average Bonchev–Trinajstić information content (AvgIpc) is 2.57. The van der Waals surface area contributed by atoms with E-state index in [2.05, 4.69) is 0 Å². The van der Waals surface area contributed by atoms with E-state index in [4.69, 9.17) is 19.9 Å². The first-order valence-electron chi connectivity index (χ1n) is 7.11. The highest BCUT2D eigenvalue weighted by molar-refractivity contribution is 5.68. The molecule has 2 saturated heterocycles. The Balaban J connectivity index is 2.12. The van der Waals surface area contributed by atoms with Crippen molar-refractivity contribution in [3.8, 4) is 0 Å². The molecule has 0 aliphatic carbocycles. The lowest BCUT2D eigenvalue weighted by Crippen LogP contribution is -2.63. The van der Waals surface area contributed by atoms with Crippen LogP contribution in [0.5, 0.6) is 0 Å². The van der Waals surface area contributed by atoms with Crippen LogP contribution in [0, 0.1) is 5.92 Å². The fourth-order valence-electron chi connectivity index (χ4n) is 2.75. The third-order valence-electron chi connectivity index (χ3n) is 3.53. The van der Waals surface area contributed by atoms with Gasteiger partial charge in [-0.2, -0.15) is 0 Å². The molecule has 2 aliphatic rings. The second-order valence-electron chi connectivity index (χ2n) is 7.17. The van der Waals surface area contributed by atoms with Crippen molar-refractivity contribution in [1.82, 2.24) is 4.90 Å². The Morgan fingerprint density at radius 1 is 1.30 bits per heavy atom. The van der Waals surface area contributed by atoms with Crippen LogP contribution in [0.15, 0.2) is 0 Å². The SMILES string of the molecule is C[C@H]1CN(C(=O)OC(C)(C)C)[C@@H](N)[C@@H]2OC(C)(C)O[C@@H]21. The molecule has 0 spiro atoms. The van der Waals surface area contributed by atoms with Crippen LogP contribution in [0.4, 0.5) is 4.79 Å². The Bertz CT molecular complexity index is 391. The Hall–Kier alpha value is -0.850. The lowest BCUT2D eigenvalue weighted by molar-refractivity contribution is -0.149. The van der Waals surface area contributed by atoms with E-state index >= 15 is 0 Å². The Labute approximate surface area is 120 Å². The second kappa shape index (κ2) is 4.86. The van der Waals surface area contributed by atoms with Crippen molar-refractivity contribution >= 4 is 6.09 Å². The number of nitrogens with two attached hydrogens (primary N) is 1. The van der Waals surface area contributed by atoms with E-state index in [1.54, 1.807) is 4.90 Å². The molecule has 0 radical (unpaired) electrons. The van der Waals surface area contributed by atoms with E-state index in [9.17, 15) is 4.79 Å². The molecule has 0 aromatic heterocycles. The molecule has 2 N–H and O–H groups in total. The lowest BCUT2D eigenvalue weighted by Gasteiger charge is -2.42. The number of fused-ring (bicyclic) bond motifs is 1. The van der Waals surface area contributed by atoms with Crippen molar-refractivity contribution in [2.45, 2.75) is 71.3 Å². The molecular weight excluding hydrogens is 260 g/mol. The Morgan fingerprint density at radius 3 is 2.40 bits per heavy atom. The van der Waals surface area contributed by atoms with Crippen molar-refractivity contribution in [2.75, 3.05) is 6.54 Å². The second-order valence-corrected chi connectivity index (χ2v) is 7.17. The first-order chi connectivity index (χ1) is 9.00. The molecule has 2 fully saturated rings. The Kier molecular flexibility index (Phi) is 3.77. The summed E-state index contributed by atoms with van der Waals surface area (Å²) in [5.74, 6) is -0.514. The minimum atomic E-state index is -0.662. The topological polar surface area (TPSA) is 74.0 Å². The molecule has 1 amide bonds. The van der Waals surface area contributed by atoms with E-state index in [1.807, 2.05) is 41.5 Å². The summed E-state index contributed by atoms with van der Waals surface area (Å²) in [6, 6.07) is 0. The van der Waals surface area contributed by atoms with E-state index in [0.717, 1.165) is 0 Å². The van der Waals surface area contributed by atoms with E-state index in [0.29, 0.717) is 6.54 Å². The zero-order chi connectivity index (χ0) is 15.3. The standard InChI is InChI=1S/C14H26N2O4/c1-8-7-16(12(17)20-13(2,3)4)11(15)10-9(8)18-14(5,6)19-10/h8-11H,7,15H2,1-6H3/t8-,9+,10+,11+/m0/s1. The maximum absolute atomic E-state index is 12.2. The highest BCUT2D eigenvalue weighted by atomic mass is 16.8. The summed E-state index contributed by atoms with van der Waals surface area (Å²) in [6.07, 6.45) is -1.35. The van der Waals surface area contributed by atoms with Gasteiger partial charge in [-0.3, -0.25) is 4.90 Å². The first-order valence-corrected chi connectivity index (χ1v) is 7.11. The largest absolute Gasteiger partial charge is 0.444 e. The Morgan fingerprint density at radius 2 is 1.85 bits per heavy atom. The number of nitrogens with zero attached hydrogens (tertiary/aromatic N) is 1. The molecule has 116 valence electrons. The predicted octanol–water partition coefficient (Wildman–Crippen LogP) is 1.68. The molecule has 6 heteroatoms. The summed E-state index contributed by atoms with van der Waals surface area (Å²) in [7, 11) is 0. The summed E-state index contributed by atoms with van der Waals surface area (Å²) < 4.78 is 17.1. The van der Waals surface area contributed by atoms with Gasteiger partial charge < -0.3 is 19.9 Å². The zero-order valence-corrected chi connectivity index (χ0v) is 13.2. The molecular formula is C14H26N2O4. The maximum atomic E-state index is 12.2. The van der Waals surface area contributed by atoms with Crippen LogP contribution < -0.4 is 5.73 Å². The molecule has 2 heterocycles. The predicted molar refractivity (Wildman–Crippen MR) is 73.9 cm³/mol. The summed E-state index contributed by atoms with van der Waals surface area (Å²) in [4.78, 5) is 13.8. The van der Waals surface area contributed by atoms with Crippen molar-refractivity contribution < 1.29 is 19.0 Å². The number of ether oxygens (including phenoxy) is 3. The van der Waals surface area contributed by atoms with Crippen LogP contribution in [0.1, 0.15) is 41.5 Å². The number of piperidine rings is 1. The minimum absolute atomic E-state index is 0.0845. The minimum Gasteiger partial charge on any atom is -0.444 e. The number of rotatable bonds is 0. The van der Waals surface area contributed by atoms with Crippen molar-refractivity contribution in [3.63, 3.8) is 0 Å². The van der Waals surface area contributed by atoms with Gasteiger partial charge in [0, 0.05) is 12.5 Å². The van der Waals surface area contributed by atoms with Gasteiger partial charge in [0.15, 0.2) is 5.79 Å². The van der Waals surface area contributed by atoms with Gasteiger partial charge in [-0.05, 0) is 34.6 Å². The molecule has 20 heavy (non-hydrogen) atoms. The van der Waals surface area contributed by atoms with Gasteiger partial charge in [0.25, 0.3) is 0 Å². The number of carbonyl (C=O) groups excluding carboxylic acids is 1. The highest BCUT2D eigenvalue weighted by Gasteiger charge is 2.52. The third kappa shape index (κ3) is 3.07. The molecule has 2 aliphatic heterocycles. The average molecular weight is 286 g/mol. The summed E-state index contributed by atoms with van der Waals surface area (Å²) in [6.45, 7) is 11.8. The van der Waals surface area contributed by atoms with Crippen molar-refractivity contribution in [2.24, 2.45) is 11.7 Å². The molecule has 0 bridgehead atoms. The number of likely N-dealkylation sites (tertiary alicyclic amines) is 1. The van der Waals surface area contributed by atoms with Crippen LogP contribution in [-0.2, 0) is 14.2 Å². The molecule has 0 unspecified atom stereocenters. The fraction of sp³-hybridized carbons (Fsp3) is 0.929. The van der Waals surface area contributed by atoms with Gasteiger partial charge in [-0.1, -0.05) is 6.92 Å². The van der Waals surface area contributed by atoms with Gasteiger partial charge in [0.2, 0.25) is 0 Å². The molecule has 6 nitrogen and oxygen atoms in total. The first kappa shape index (κ1) is 15.5. The number of hydrogen-bond donors (Lipinski definition) is 1. The molecule has 0 aromatic carbocycles. The number of hydrogen-bond acceptors (Lipinski definition) is 5. The fourth-order valence-corrected chi connectivity index (χ4v) is 2.75. The summed E-state index contributed by atoms with van der Waals surface area (Å²) in [5.41, 5.74) is 5.65. The smallest absolute Gasteiger partial charge is 0.411 e. The van der Waals surface area contributed by atoms with Gasteiger partial charge in [-0.25, -0.2) is 4.79 Å². The van der Waals surface area contributed by atoms with Crippen LogP contribution >= 0.6 is 0 Å². The quantitative estimate of drug-likeness (QED) is 0.733. The van der Waals surface area contributed by atoms with E-state index in [-0.39, 0.29) is 18.1 Å². The van der Waals surface area contributed by atoms with Gasteiger partial charge in [-0.15, -0.1) is 0 Å². The zero-order valence-electron chi connectivity index (χ0n) is 13.2. The van der Waals surface area contributed by atoms with Crippen LogP contribution in [0.2, 0.25) is 0 Å². The van der Waals surface area contributed by atoms with Gasteiger partial charge >= 0.3 is 6.09 Å². The number of amides is 1. The normalized spacial score (nSPS) is 36.6. The molecule has 0 saturated carbocycles. The van der Waals surface area contributed by atoms with Gasteiger partial charge in [0.1, 0.15) is 17.9 Å². The van der Waals surface area contributed by atoms with Crippen LogP contribution in [0.3, 0.4) is 0 Å². The van der Waals surface area contributed by atoms with Crippen LogP contribution in [-0.4, -0.2) is 47.3 Å². The summed E-state index contributed by atoms with van der Waals surface area (Å²) in [5, 5.41) is 0. The monoisotopic (exact) mass is 286 g/mol. The molecule has 2 rings (SSSR count). The van der Waals surface area contributed by atoms with Crippen molar-refractivity contribution in [3.05, 3.63) is 0 Å².